The lowest BCUT2D eigenvalue weighted by molar-refractivity contribution is -0.112. The van der Waals surface area contributed by atoms with Crippen molar-refractivity contribution in [2.75, 3.05) is 19.5 Å². The topological polar surface area (TPSA) is 71.3 Å². The Labute approximate surface area is 165 Å². The van der Waals surface area contributed by atoms with Crippen molar-refractivity contribution in [3.8, 4) is 17.6 Å². The number of hydrogen-bond acceptors (Lipinski definition) is 4. The van der Waals surface area contributed by atoms with Gasteiger partial charge in [0, 0.05) is 0 Å². The number of para-hydroxylation sites is 1. The van der Waals surface area contributed by atoms with Crippen LogP contribution in [0.3, 0.4) is 0 Å². The Bertz CT molecular complexity index is 899. The Balaban J connectivity index is 2.38. The SMILES string of the molecule is COc1cc(/C=C(\C#N)C(=O)Nc2c(C)cccc2Cl)cc(Br)c1OC. The summed E-state index contributed by atoms with van der Waals surface area (Å²) in [7, 11) is 3.04. The van der Waals surface area contributed by atoms with Gasteiger partial charge < -0.3 is 14.8 Å². The van der Waals surface area contributed by atoms with Crippen LogP contribution in [0.1, 0.15) is 11.1 Å². The molecule has 0 aliphatic carbocycles. The van der Waals surface area contributed by atoms with Gasteiger partial charge in [-0.05, 0) is 58.3 Å². The number of carbonyl (C=O) groups is 1. The van der Waals surface area contributed by atoms with E-state index in [1.165, 1.54) is 20.3 Å². The standard InChI is InChI=1S/C19H16BrClN2O3/c1-11-5-4-6-15(21)17(11)23-19(24)13(10-22)7-12-8-14(20)18(26-3)16(9-12)25-2/h4-9H,1-3H3,(H,23,24)/b13-7+. The van der Waals surface area contributed by atoms with E-state index in [2.05, 4.69) is 21.2 Å². The molecule has 0 heterocycles. The number of amides is 1. The number of ether oxygens (including phenoxy) is 2. The molecule has 134 valence electrons. The Kier molecular flexibility index (Phi) is 6.67. The van der Waals surface area contributed by atoms with Gasteiger partial charge in [-0.1, -0.05) is 23.7 Å². The maximum absolute atomic E-state index is 12.5. The fraction of sp³-hybridized carbons (Fsp3) is 0.158. The van der Waals surface area contributed by atoms with E-state index in [0.717, 1.165) is 5.56 Å². The largest absolute Gasteiger partial charge is 0.493 e. The molecule has 0 aliphatic rings. The number of nitriles is 1. The Morgan fingerprint density at radius 1 is 1.31 bits per heavy atom. The highest BCUT2D eigenvalue weighted by atomic mass is 79.9. The zero-order valence-corrected chi connectivity index (χ0v) is 16.7. The maximum atomic E-state index is 12.5. The van der Waals surface area contributed by atoms with Crippen LogP contribution in [0.5, 0.6) is 11.5 Å². The minimum atomic E-state index is -0.547. The van der Waals surface area contributed by atoms with E-state index >= 15 is 0 Å². The predicted molar refractivity (Wildman–Crippen MR) is 106 cm³/mol. The van der Waals surface area contributed by atoms with Gasteiger partial charge in [0.05, 0.1) is 29.4 Å². The van der Waals surface area contributed by atoms with Crippen LogP contribution in [0.25, 0.3) is 6.08 Å². The van der Waals surface area contributed by atoms with E-state index in [1.807, 2.05) is 19.1 Å². The summed E-state index contributed by atoms with van der Waals surface area (Å²) in [4.78, 5) is 12.5. The fourth-order valence-electron chi connectivity index (χ4n) is 2.31. The van der Waals surface area contributed by atoms with Crippen molar-refractivity contribution < 1.29 is 14.3 Å². The third-order valence-corrected chi connectivity index (χ3v) is 4.50. The van der Waals surface area contributed by atoms with Crippen LogP contribution in [0.15, 0.2) is 40.4 Å². The highest BCUT2D eigenvalue weighted by molar-refractivity contribution is 9.10. The minimum Gasteiger partial charge on any atom is -0.493 e. The maximum Gasteiger partial charge on any atom is 0.266 e. The van der Waals surface area contributed by atoms with Crippen molar-refractivity contribution >= 4 is 45.2 Å². The lowest BCUT2D eigenvalue weighted by atomic mass is 10.1. The van der Waals surface area contributed by atoms with E-state index in [0.29, 0.717) is 32.2 Å². The monoisotopic (exact) mass is 434 g/mol. The van der Waals surface area contributed by atoms with Crippen molar-refractivity contribution in [1.82, 2.24) is 0 Å². The second-order valence-electron chi connectivity index (χ2n) is 5.29. The lowest BCUT2D eigenvalue weighted by Crippen LogP contribution is -2.14. The molecule has 2 rings (SSSR count). The zero-order chi connectivity index (χ0) is 19.3. The van der Waals surface area contributed by atoms with Crippen molar-refractivity contribution in [2.24, 2.45) is 0 Å². The zero-order valence-electron chi connectivity index (χ0n) is 14.4. The molecule has 0 saturated heterocycles. The summed E-state index contributed by atoms with van der Waals surface area (Å²) in [5, 5.41) is 12.5. The van der Waals surface area contributed by atoms with Crippen LogP contribution >= 0.6 is 27.5 Å². The molecular weight excluding hydrogens is 420 g/mol. The van der Waals surface area contributed by atoms with Crippen molar-refractivity contribution in [2.45, 2.75) is 6.92 Å². The molecule has 0 bridgehead atoms. The van der Waals surface area contributed by atoms with Crippen molar-refractivity contribution in [3.05, 3.63) is 56.5 Å². The quantitative estimate of drug-likeness (QED) is 0.531. The number of aryl methyl sites for hydroxylation is 1. The number of hydrogen-bond donors (Lipinski definition) is 1. The molecule has 7 heteroatoms. The van der Waals surface area contributed by atoms with Crippen LogP contribution in [0.2, 0.25) is 5.02 Å². The van der Waals surface area contributed by atoms with Crippen molar-refractivity contribution in [3.63, 3.8) is 0 Å². The highest BCUT2D eigenvalue weighted by Gasteiger charge is 2.15. The lowest BCUT2D eigenvalue weighted by Gasteiger charge is -2.11. The first-order valence-corrected chi connectivity index (χ1v) is 8.68. The number of benzene rings is 2. The number of halogens is 2. The molecule has 0 unspecified atom stereocenters. The molecule has 26 heavy (non-hydrogen) atoms. The molecule has 2 aromatic rings. The van der Waals surface area contributed by atoms with Gasteiger partial charge >= 0.3 is 0 Å². The predicted octanol–water partition coefficient (Wildman–Crippen LogP) is 4.97. The third-order valence-electron chi connectivity index (χ3n) is 3.59. The summed E-state index contributed by atoms with van der Waals surface area (Å²) in [6, 6.07) is 10.6. The van der Waals surface area contributed by atoms with Gasteiger partial charge in [-0.3, -0.25) is 4.79 Å². The molecule has 0 fully saturated rings. The molecule has 0 aromatic heterocycles. The van der Waals surface area contributed by atoms with E-state index < -0.39 is 5.91 Å². The van der Waals surface area contributed by atoms with Crippen LogP contribution in [0, 0.1) is 18.3 Å². The Morgan fingerprint density at radius 2 is 2.04 bits per heavy atom. The summed E-state index contributed by atoms with van der Waals surface area (Å²) < 4.78 is 11.2. The van der Waals surface area contributed by atoms with Crippen LogP contribution in [-0.2, 0) is 4.79 Å². The summed E-state index contributed by atoms with van der Waals surface area (Å²) in [6.45, 7) is 1.82. The number of carbonyl (C=O) groups excluding carboxylic acids is 1. The van der Waals surface area contributed by atoms with Gasteiger partial charge in [0.2, 0.25) is 0 Å². The first-order chi connectivity index (χ1) is 12.4. The Morgan fingerprint density at radius 3 is 2.62 bits per heavy atom. The summed E-state index contributed by atoms with van der Waals surface area (Å²) in [6.07, 6.45) is 1.47. The molecule has 1 amide bonds. The van der Waals surface area contributed by atoms with Gasteiger partial charge in [0.15, 0.2) is 11.5 Å². The number of nitrogens with one attached hydrogen (secondary N) is 1. The fourth-order valence-corrected chi connectivity index (χ4v) is 3.20. The van der Waals surface area contributed by atoms with Crippen LogP contribution < -0.4 is 14.8 Å². The molecule has 1 N–H and O–H groups in total. The summed E-state index contributed by atoms with van der Waals surface area (Å²) >= 11 is 9.51. The molecule has 5 nitrogen and oxygen atoms in total. The molecular formula is C19H16BrClN2O3. The molecule has 0 atom stereocenters. The summed E-state index contributed by atoms with van der Waals surface area (Å²) in [5.74, 6) is 0.460. The number of anilines is 1. The highest BCUT2D eigenvalue weighted by Crippen LogP contribution is 2.37. The van der Waals surface area contributed by atoms with Gasteiger partial charge in [-0.2, -0.15) is 5.26 Å². The molecule has 0 spiro atoms. The third kappa shape index (κ3) is 4.37. The normalized spacial score (nSPS) is 10.8. The van der Waals surface area contributed by atoms with E-state index in [-0.39, 0.29) is 5.57 Å². The van der Waals surface area contributed by atoms with Crippen LogP contribution in [-0.4, -0.2) is 20.1 Å². The number of rotatable bonds is 5. The minimum absolute atomic E-state index is 0.0663. The number of nitrogens with zero attached hydrogens (tertiary/aromatic N) is 1. The smallest absolute Gasteiger partial charge is 0.266 e. The van der Waals surface area contributed by atoms with E-state index in [1.54, 1.807) is 24.3 Å². The van der Waals surface area contributed by atoms with E-state index in [9.17, 15) is 10.1 Å². The molecule has 0 aliphatic heterocycles. The van der Waals surface area contributed by atoms with Gasteiger partial charge in [-0.25, -0.2) is 0 Å². The van der Waals surface area contributed by atoms with Gasteiger partial charge in [0.25, 0.3) is 5.91 Å². The molecule has 0 radical (unpaired) electrons. The molecule has 0 saturated carbocycles. The number of methoxy groups -OCH3 is 2. The van der Waals surface area contributed by atoms with Gasteiger partial charge in [-0.15, -0.1) is 0 Å². The first kappa shape index (κ1) is 19.8. The van der Waals surface area contributed by atoms with Crippen molar-refractivity contribution in [1.29, 1.82) is 5.26 Å². The van der Waals surface area contributed by atoms with Crippen LogP contribution in [0.4, 0.5) is 5.69 Å². The molecule has 2 aromatic carbocycles. The van der Waals surface area contributed by atoms with E-state index in [4.69, 9.17) is 21.1 Å². The first-order valence-electron chi connectivity index (χ1n) is 7.51. The Hall–Kier alpha value is -2.49. The summed E-state index contributed by atoms with van der Waals surface area (Å²) in [5.41, 5.74) is 1.83. The van der Waals surface area contributed by atoms with Gasteiger partial charge in [0.1, 0.15) is 11.6 Å². The average molecular weight is 436 g/mol. The second-order valence-corrected chi connectivity index (χ2v) is 6.56. The second kappa shape index (κ2) is 8.75. The average Bonchev–Trinajstić information content (AvgIpc) is 2.62.